The summed E-state index contributed by atoms with van der Waals surface area (Å²) in [5.41, 5.74) is 1.75. The Morgan fingerprint density at radius 2 is 1.74 bits per heavy atom. The summed E-state index contributed by atoms with van der Waals surface area (Å²) in [6.07, 6.45) is 0. The number of ketones is 1. The highest BCUT2D eigenvalue weighted by atomic mass is 32.2. The van der Waals surface area contributed by atoms with Crippen molar-refractivity contribution < 1.29 is 14.3 Å². The number of rotatable bonds is 9. The quantitative estimate of drug-likeness (QED) is 0.364. The van der Waals surface area contributed by atoms with Crippen LogP contribution in [-0.2, 0) is 5.75 Å². The number of hydrogen-bond acceptors (Lipinski definition) is 8. The van der Waals surface area contributed by atoms with Gasteiger partial charge in [-0.2, -0.15) is 0 Å². The van der Waals surface area contributed by atoms with Crippen molar-refractivity contribution in [3.05, 3.63) is 59.7 Å². The fourth-order valence-corrected chi connectivity index (χ4v) is 5.13. The van der Waals surface area contributed by atoms with E-state index in [2.05, 4.69) is 22.3 Å². The van der Waals surface area contributed by atoms with Crippen LogP contribution in [0.4, 0.5) is 0 Å². The van der Waals surface area contributed by atoms with E-state index in [9.17, 15) is 4.79 Å². The van der Waals surface area contributed by atoms with Crippen LogP contribution in [0.5, 0.6) is 11.5 Å². The minimum Gasteiger partial charge on any atom is -0.497 e. The molecule has 140 valence electrons. The maximum atomic E-state index is 12.6. The first-order chi connectivity index (χ1) is 13.2. The Hall–Kier alpha value is -2.03. The molecule has 3 rings (SSSR count). The van der Waals surface area contributed by atoms with Gasteiger partial charge in [-0.05, 0) is 23.8 Å². The molecule has 0 atom stereocenters. The van der Waals surface area contributed by atoms with Crippen LogP contribution in [0.3, 0.4) is 0 Å². The van der Waals surface area contributed by atoms with Gasteiger partial charge in [0.25, 0.3) is 0 Å². The molecule has 8 heteroatoms. The van der Waals surface area contributed by atoms with Crippen LogP contribution in [0.15, 0.2) is 57.2 Å². The normalized spacial score (nSPS) is 10.6. The number of methoxy groups -OCH3 is 2. The van der Waals surface area contributed by atoms with Crippen molar-refractivity contribution in [3.63, 3.8) is 0 Å². The van der Waals surface area contributed by atoms with Gasteiger partial charge in [0.15, 0.2) is 14.5 Å². The van der Waals surface area contributed by atoms with Crippen LogP contribution < -0.4 is 9.47 Å². The van der Waals surface area contributed by atoms with Gasteiger partial charge in [-0.3, -0.25) is 4.79 Å². The van der Waals surface area contributed by atoms with Gasteiger partial charge in [-0.1, -0.05) is 65.2 Å². The molecule has 0 bridgehead atoms. The number of ether oxygens (including phenoxy) is 2. The highest BCUT2D eigenvalue weighted by molar-refractivity contribution is 8.03. The number of hydrogen-bond donors (Lipinski definition) is 0. The predicted octanol–water partition coefficient (Wildman–Crippen LogP) is 4.82. The molecule has 1 heterocycles. The van der Waals surface area contributed by atoms with Crippen LogP contribution >= 0.6 is 34.9 Å². The Labute approximate surface area is 170 Å². The molecular formula is C19H18N2O3S3. The van der Waals surface area contributed by atoms with Crippen molar-refractivity contribution >= 4 is 40.6 Å². The molecule has 27 heavy (non-hydrogen) atoms. The Morgan fingerprint density at radius 3 is 2.44 bits per heavy atom. The number of benzene rings is 2. The maximum Gasteiger partial charge on any atom is 0.177 e. The van der Waals surface area contributed by atoms with Crippen molar-refractivity contribution in [1.82, 2.24) is 10.2 Å². The molecule has 0 unspecified atom stereocenters. The van der Waals surface area contributed by atoms with Gasteiger partial charge in [0, 0.05) is 5.75 Å². The standard InChI is InChI=1S/C19H18N2O3S3/c1-23-14-8-9-17(24-2)15(10-14)16(22)12-26-19-21-20-18(27-19)25-11-13-6-4-3-5-7-13/h3-10H,11-12H2,1-2H3. The minimum absolute atomic E-state index is 0.0376. The third-order valence-corrected chi connectivity index (χ3v) is 6.89. The SMILES string of the molecule is COc1ccc(OC)c(C(=O)CSc2nnc(SCc3ccccc3)s2)c1. The average Bonchev–Trinajstić information content (AvgIpc) is 3.18. The zero-order valence-electron chi connectivity index (χ0n) is 14.9. The molecule has 5 nitrogen and oxygen atoms in total. The fraction of sp³-hybridized carbons (Fsp3) is 0.211. The molecule has 0 aliphatic heterocycles. The molecule has 0 saturated carbocycles. The van der Waals surface area contributed by atoms with E-state index in [4.69, 9.17) is 9.47 Å². The number of carbonyl (C=O) groups excluding carboxylic acids is 1. The molecule has 3 aromatic rings. The minimum atomic E-state index is -0.0376. The van der Waals surface area contributed by atoms with E-state index in [0.29, 0.717) is 17.1 Å². The van der Waals surface area contributed by atoms with Crippen LogP contribution in [0, 0.1) is 0 Å². The van der Waals surface area contributed by atoms with Crippen molar-refractivity contribution in [2.75, 3.05) is 20.0 Å². The fourth-order valence-electron chi connectivity index (χ4n) is 2.27. The molecule has 0 radical (unpaired) electrons. The summed E-state index contributed by atoms with van der Waals surface area (Å²) in [5, 5.41) is 8.37. The van der Waals surface area contributed by atoms with Gasteiger partial charge in [-0.15, -0.1) is 10.2 Å². The van der Waals surface area contributed by atoms with Crippen molar-refractivity contribution in [1.29, 1.82) is 0 Å². The Balaban J connectivity index is 1.57. The summed E-state index contributed by atoms with van der Waals surface area (Å²) in [5.74, 6) is 2.24. The Kier molecular flexibility index (Phi) is 7.14. The molecule has 0 saturated heterocycles. The van der Waals surface area contributed by atoms with Crippen LogP contribution in [0.25, 0.3) is 0 Å². The van der Waals surface area contributed by atoms with Gasteiger partial charge < -0.3 is 9.47 Å². The number of Topliss-reactive ketones (excluding diaryl/α,β-unsaturated/α-hetero) is 1. The summed E-state index contributed by atoms with van der Waals surface area (Å²) >= 11 is 4.53. The van der Waals surface area contributed by atoms with Gasteiger partial charge >= 0.3 is 0 Å². The summed E-state index contributed by atoms with van der Waals surface area (Å²) in [7, 11) is 3.12. The first-order valence-corrected chi connectivity index (χ1v) is 10.9. The Morgan fingerprint density at radius 1 is 1.00 bits per heavy atom. The number of carbonyl (C=O) groups is 1. The number of nitrogens with zero attached hydrogens (tertiary/aromatic N) is 2. The average molecular weight is 419 g/mol. The van der Waals surface area contributed by atoms with E-state index in [0.717, 1.165) is 14.4 Å². The molecule has 2 aromatic carbocycles. The first kappa shape index (κ1) is 19.7. The van der Waals surface area contributed by atoms with Crippen molar-refractivity contribution in [3.8, 4) is 11.5 Å². The highest BCUT2D eigenvalue weighted by Gasteiger charge is 2.15. The van der Waals surface area contributed by atoms with E-state index in [1.54, 1.807) is 44.2 Å². The third-order valence-electron chi connectivity index (χ3n) is 3.63. The zero-order valence-corrected chi connectivity index (χ0v) is 17.3. The highest BCUT2D eigenvalue weighted by Crippen LogP contribution is 2.32. The second kappa shape index (κ2) is 9.77. The van der Waals surface area contributed by atoms with Crippen molar-refractivity contribution in [2.24, 2.45) is 0 Å². The lowest BCUT2D eigenvalue weighted by molar-refractivity contribution is 0.101. The monoisotopic (exact) mass is 418 g/mol. The molecule has 0 fully saturated rings. The van der Waals surface area contributed by atoms with E-state index in [-0.39, 0.29) is 11.5 Å². The second-order valence-corrected chi connectivity index (χ2v) is 8.81. The van der Waals surface area contributed by atoms with Crippen LogP contribution in [0.1, 0.15) is 15.9 Å². The molecule has 1 aromatic heterocycles. The largest absolute Gasteiger partial charge is 0.497 e. The summed E-state index contributed by atoms with van der Waals surface area (Å²) < 4.78 is 12.2. The Bertz CT molecular complexity index is 900. The molecular weight excluding hydrogens is 400 g/mol. The summed E-state index contributed by atoms with van der Waals surface area (Å²) in [6.45, 7) is 0. The zero-order chi connectivity index (χ0) is 19.1. The lowest BCUT2D eigenvalue weighted by atomic mass is 10.1. The summed E-state index contributed by atoms with van der Waals surface area (Å²) in [6, 6.07) is 15.4. The lowest BCUT2D eigenvalue weighted by Crippen LogP contribution is -2.05. The maximum absolute atomic E-state index is 12.6. The van der Waals surface area contributed by atoms with E-state index in [1.165, 1.54) is 28.7 Å². The smallest absolute Gasteiger partial charge is 0.177 e. The van der Waals surface area contributed by atoms with Gasteiger partial charge in [0.1, 0.15) is 11.5 Å². The molecule has 0 aliphatic carbocycles. The summed E-state index contributed by atoms with van der Waals surface area (Å²) in [4.78, 5) is 12.6. The topological polar surface area (TPSA) is 61.3 Å². The van der Waals surface area contributed by atoms with Crippen LogP contribution in [0.2, 0.25) is 0 Å². The van der Waals surface area contributed by atoms with Gasteiger partial charge in [-0.25, -0.2) is 0 Å². The predicted molar refractivity (Wildman–Crippen MR) is 111 cm³/mol. The van der Waals surface area contributed by atoms with E-state index >= 15 is 0 Å². The van der Waals surface area contributed by atoms with E-state index in [1.807, 2.05) is 18.2 Å². The molecule has 0 amide bonds. The third kappa shape index (κ3) is 5.47. The van der Waals surface area contributed by atoms with Crippen molar-refractivity contribution in [2.45, 2.75) is 14.4 Å². The molecule has 0 spiro atoms. The van der Waals surface area contributed by atoms with Gasteiger partial charge in [0.05, 0.1) is 25.5 Å². The number of aromatic nitrogens is 2. The first-order valence-electron chi connectivity index (χ1n) is 8.08. The van der Waals surface area contributed by atoms with Gasteiger partial charge in [0.2, 0.25) is 0 Å². The number of thioether (sulfide) groups is 2. The lowest BCUT2D eigenvalue weighted by Gasteiger charge is -2.09. The molecule has 0 N–H and O–H groups in total. The molecule has 0 aliphatic rings. The van der Waals surface area contributed by atoms with Crippen LogP contribution in [-0.4, -0.2) is 36.0 Å². The van der Waals surface area contributed by atoms with E-state index < -0.39 is 0 Å². The second-order valence-electron chi connectivity index (χ2n) is 5.39.